The van der Waals surface area contributed by atoms with Crippen LogP contribution in [0.5, 0.6) is 0 Å². The highest BCUT2D eigenvalue weighted by atomic mass is 16.6. The summed E-state index contributed by atoms with van der Waals surface area (Å²) in [6, 6.07) is 6.44. The fourth-order valence-electron chi connectivity index (χ4n) is 3.59. The number of hydrogen-bond donors (Lipinski definition) is 0. The van der Waals surface area contributed by atoms with E-state index in [2.05, 4.69) is 0 Å². The van der Waals surface area contributed by atoms with Crippen LogP contribution in [0.4, 0.5) is 34.1 Å². The van der Waals surface area contributed by atoms with Crippen LogP contribution in [-0.2, 0) is 0 Å². The minimum Gasteiger partial charge on any atom is -0.362 e. The van der Waals surface area contributed by atoms with Crippen LogP contribution in [0.2, 0.25) is 0 Å². The third kappa shape index (κ3) is 4.17. The zero-order valence-electron chi connectivity index (χ0n) is 16.1. The van der Waals surface area contributed by atoms with Gasteiger partial charge in [-0.3, -0.25) is 40.5 Å². The molecule has 1 fully saturated rings. The number of benzene rings is 2. The van der Waals surface area contributed by atoms with Gasteiger partial charge in [-0.25, -0.2) is 0 Å². The minimum absolute atomic E-state index is 0.209. The van der Waals surface area contributed by atoms with Crippen molar-refractivity contribution in [2.75, 3.05) is 29.4 Å². The largest absolute Gasteiger partial charge is 0.362 e. The smallest absolute Gasteiger partial charge is 0.299 e. The third-order valence-corrected chi connectivity index (χ3v) is 5.01. The molecule has 1 saturated heterocycles. The van der Waals surface area contributed by atoms with Gasteiger partial charge in [0, 0.05) is 37.8 Å². The Bertz CT molecular complexity index is 1090. The van der Waals surface area contributed by atoms with E-state index in [1.54, 1.807) is 16.7 Å². The molecule has 1 heterocycles. The summed E-state index contributed by atoms with van der Waals surface area (Å²) in [5.41, 5.74) is -1.19. The van der Waals surface area contributed by atoms with Crippen molar-refractivity contribution in [3.05, 3.63) is 76.9 Å². The van der Waals surface area contributed by atoms with Gasteiger partial charge in [-0.15, -0.1) is 0 Å². The molecule has 31 heavy (non-hydrogen) atoms. The Morgan fingerprint density at radius 2 is 1.23 bits per heavy atom. The Hall–Kier alpha value is -4.36. The Balaban J connectivity index is 1.90. The average molecular weight is 432 g/mol. The maximum Gasteiger partial charge on any atom is 0.299 e. The molecule has 0 bridgehead atoms. The molecule has 14 heteroatoms. The van der Waals surface area contributed by atoms with E-state index in [1.807, 2.05) is 0 Å². The molecule has 1 atom stereocenters. The minimum atomic E-state index is -0.717. The summed E-state index contributed by atoms with van der Waals surface area (Å²) in [6.45, 7) is 2.49. The van der Waals surface area contributed by atoms with Crippen molar-refractivity contribution in [2.24, 2.45) is 0 Å². The van der Waals surface area contributed by atoms with E-state index in [4.69, 9.17) is 0 Å². The number of piperazine rings is 1. The van der Waals surface area contributed by atoms with Gasteiger partial charge in [0.1, 0.15) is 11.4 Å². The van der Waals surface area contributed by atoms with Crippen LogP contribution < -0.4 is 9.80 Å². The molecule has 0 aliphatic carbocycles. The predicted molar refractivity (Wildman–Crippen MR) is 109 cm³/mol. The summed E-state index contributed by atoms with van der Waals surface area (Å²) in [4.78, 5) is 45.3. The Morgan fingerprint density at radius 3 is 1.68 bits per heavy atom. The molecule has 1 unspecified atom stereocenters. The van der Waals surface area contributed by atoms with Crippen molar-refractivity contribution in [3.63, 3.8) is 0 Å². The monoisotopic (exact) mass is 432 g/mol. The van der Waals surface area contributed by atoms with Crippen molar-refractivity contribution < 1.29 is 19.7 Å². The molecule has 2 aromatic rings. The Labute approximate surface area is 173 Å². The first-order chi connectivity index (χ1) is 14.6. The maximum atomic E-state index is 11.5. The van der Waals surface area contributed by atoms with Gasteiger partial charge in [0.15, 0.2) is 0 Å². The van der Waals surface area contributed by atoms with E-state index in [1.165, 1.54) is 24.3 Å². The molecule has 0 amide bonds. The zero-order chi connectivity index (χ0) is 22.9. The second kappa shape index (κ2) is 8.17. The lowest BCUT2D eigenvalue weighted by Crippen LogP contribution is -2.52. The highest BCUT2D eigenvalue weighted by molar-refractivity contribution is 5.70. The molecule has 1 aliphatic heterocycles. The molecular formula is C17H16N6O8. The van der Waals surface area contributed by atoms with E-state index in [-0.39, 0.29) is 37.1 Å². The zero-order valence-corrected chi connectivity index (χ0v) is 16.1. The Kier molecular flexibility index (Phi) is 5.63. The van der Waals surface area contributed by atoms with Crippen molar-refractivity contribution in [2.45, 2.75) is 13.0 Å². The van der Waals surface area contributed by atoms with Crippen LogP contribution in [0.1, 0.15) is 6.92 Å². The molecule has 0 spiro atoms. The van der Waals surface area contributed by atoms with Gasteiger partial charge in [-0.2, -0.15) is 0 Å². The van der Waals surface area contributed by atoms with Crippen LogP contribution in [-0.4, -0.2) is 45.4 Å². The van der Waals surface area contributed by atoms with E-state index in [9.17, 15) is 40.5 Å². The first kappa shape index (κ1) is 21.4. The number of nitrogens with zero attached hydrogens (tertiary/aromatic N) is 6. The maximum absolute atomic E-state index is 11.5. The molecule has 0 N–H and O–H groups in total. The summed E-state index contributed by atoms with van der Waals surface area (Å²) in [5.74, 6) is 0. The average Bonchev–Trinajstić information content (AvgIpc) is 2.72. The SMILES string of the molecule is CC1CN(c2ccc([N+](=O)[O-])cc2[N+](=O)[O-])CCN1c1ccc([N+](=O)[O-])cc1[N+](=O)[O-]. The molecule has 0 radical (unpaired) electrons. The lowest BCUT2D eigenvalue weighted by molar-refractivity contribution is -0.394. The molecule has 0 aromatic heterocycles. The van der Waals surface area contributed by atoms with Crippen molar-refractivity contribution >= 4 is 34.1 Å². The van der Waals surface area contributed by atoms with Gasteiger partial charge in [0.05, 0.1) is 31.8 Å². The van der Waals surface area contributed by atoms with Gasteiger partial charge in [0.2, 0.25) is 0 Å². The summed E-state index contributed by atoms with van der Waals surface area (Å²) in [7, 11) is 0. The number of anilines is 2. The van der Waals surface area contributed by atoms with Gasteiger partial charge in [-0.1, -0.05) is 0 Å². The first-order valence-electron chi connectivity index (χ1n) is 8.97. The lowest BCUT2D eigenvalue weighted by atomic mass is 10.1. The van der Waals surface area contributed by atoms with Gasteiger partial charge in [0.25, 0.3) is 22.7 Å². The van der Waals surface area contributed by atoms with E-state index in [0.717, 1.165) is 12.1 Å². The van der Waals surface area contributed by atoms with E-state index in [0.29, 0.717) is 0 Å². The second-order valence-electron chi connectivity index (χ2n) is 6.86. The highest BCUT2D eigenvalue weighted by Crippen LogP contribution is 2.37. The number of nitro groups is 4. The summed E-state index contributed by atoms with van der Waals surface area (Å²) < 4.78 is 0. The van der Waals surface area contributed by atoms with Crippen molar-refractivity contribution in [1.29, 1.82) is 0 Å². The number of hydrogen-bond acceptors (Lipinski definition) is 10. The van der Waals surface area contributed by atoms with Gasteiger partial charge in [-0.05, 0) is 19.1 Å². The lowest BCUT2D eigenvalue weighted by Gasteiger charge is -2.41. The molecule has 162 valence electrons. The molecule has 2 aromatic carbocycles. The van der Waals surface area contributed by atoms with Crippen LogP contribution in [0.3, 0.4) is 0 Å². The van der Waals surface area contributed by atoms with Crippen LogP contribution in [0, 0.1) is 40.5 Å². The highest BCUT2D eigenvalue weighted by Gasteiger charge is 2.33. The molecule has 14 nitrogen and oxygen atoms in total. The quantitative estimate of drug-likeness (QED) is 0.486. The summed E-state index contributed by atoms with van der Waals surface area (Å²) in [6.07, 6.45) is 0. The van der Waals surface area contributed by atoms with Crippen LogP contribution in [0.25, 0.3) is 0 Å². The van der Waals surface area contributed by atoms with Gasteiger partial charge < -0.3 is 9.80 Å². The second-order valence-corrected chi connectivity index (χ2v) is 6.86. The van der Waals surface area contributed by atoms with E-state index < -0.39 is 42.4 Å². The van der Waals surface area contributed by atoms with Crippen LogP contribution in [0.15, 0.2) is 36.4 Å². The van der Waals surface area contributed by atoms with Crippen molar-refractivity contribution in [1.82, 2.24) is 0 Å². The fourth-order valence-corrected chi connectivity index (χ4v) is 3.59. The molecule has 0 saturated carbocycles. The normalized spacial score (nSPS) is 16.1. The van der Waals surface area contributed by atoms with E-state index >= 15 is 0 Å². The molecule has 3 rings (SSSR count). The van der Waals surface area contributed by atoms with Gasteiger partial charge >= 0.3 is 0 Å². The summed E-state index contributed by atoms with van der Waals surface area (Å²) in [5, 5.41) is 44.8. The third-order valence-electron chi connectivity index (χ3n) is 5.01. The number of non-ortho nitro benzene ring substituents is 2. The number of rotatable bonds is 6. The van der Waals surface area contributed by atoms with Crippen LogP contribution >= 0.6 is 0 Å². The summed E-state index contributed by atoms with van der Waals surface area (Å²) >= 11 is 0. The van der Waals surface area contributed by atoms with Crippen molar-refractivity contribution in [3.8, 4) is 0 Å². The standard InChI is InChI=1S/C17H16N6O8/c1-11-10-18(14-4-2-12(20(24)25)8-16(14)22(28)29)6-7-19(11)15-5-3-13(21(26)27)9-17(15)23(30)31/h2-5,8-9,11H,6-7,10H2,1H3. The fraction of sp³-hybridized carbons (Fsp3) is 0.294. The Morgan fingerprint density at radius 1 is 0.742 bits per heavy atom. The molecule has 1 aliphatic rings. The number of nitro benzene ring substituents is 4. The predicted octanol–water partition coefficient (Wildman–Crippen LogP) is 3.03. The first-order valence-corrected chi connectivity index (χ1v) is 8.97. The molecular weight excluding hydrogens is 416 g/mol. The topological polar surface area (TPSA) is 179 Å².